The van der Waals surface area contributed by atoms with Gasteiger partial charge in [0.25, 0.3) is 0 Å². The minimum Gasteiger partial charge on any atom is -0.472 e. The van der Waals surface area contributed by atoms with Crippen molar-refractivity contribution < 1.29 is 9.52 Å². The van der Waals surface area contributed by atoms with Gasteiger partial charge in [-0.1, -0.05) is 457 Å². The van der Waals surface area contributed by atoms with Crippen LogP contribution in [0.15, 0.2) is 34.1 Å². The molecule has 0 bridgehead atoms. The maximum Gasteiger partial charge on any atom is 0.0994 e. The lowest BCUT2D eigenvalue weighted by Crippen LogP contribution is -2.06. The standard InChI is InChI=1S/C88H163NO2/c1-4-7-10-13-16-19-22-25-28-31-34-37-40-43-46-49-52-55-58-61-64-67-70-73-83-76-77-84(78-89-79-85-81-91-82-86(85)80-90)88(75-72-69-66-63-60-57-54-51-48-45-42-39-36-33-30-27-24-21-18-15-12-9-6-3)87(83)74-71-68-65-62-59-56-53-50-47-44-41-38-35-32-29-26-23-20-17-14-11-8-5-2/h76-77,79,81-82,90H,4-75,78,80H2,1-3H3. The summed E-state index contributed by atoms with van der Waals surface area (Å²) in [4.78, 5) is 5.02. The molecule has 0 aliphatic rings. The van der Waals surface area contributed by atoms with Gasteiger partial charge in [0.1, 0.15) is 0 Å². The van der Waals surface area contributed by atoms with Crippen molar-refractivity contribution in [3.05, 3.63) is 58.0 Å². The molecule has 0 fully saturated rings. The van der Waals surface area contributed by atoms with Gasteiger partial charge in [0, 0.05) is 17.3 Å². The highest BCUT2D eigenvalue weighted by atomic mass is 16.3. The summed E-state index contributed by atoms with van der Waals surface area (Å²) in [6, 6.07) is 4.99. The van der Waals surface area contributed by atoms with E-state index >= 15 is 0 Å². The molecule has 0 aliphatic heterocycles. The van der Waals surface area contributed by atoms with Crippen LogP contribution in [0.1, 0.15) is 497 Å². The van der Waals surface area contributed by atoms with Gasteiger partial charge >= 0.3 is 0 Å². The molecule has 1 heterocycles. The molecular formula is C88H163NO2. The monoisotopic (exact) mass is 1270 g/mol. The Morgan fingerprint density at radius 3 is 0.703 bits per heavy atom. The molecule has 3 nitrogen and oxygen atoms in total. The van der Waals surface area contributed by atoms with Crippen molar-refractivity contribution in [1.82, 2.24) is 0 Å². The number of aliphatic hydroxyl groups is 1. The Balaban J connectivity index is 1.79. The van der Waals surface area contributed by atoms with Gasteiger partial charge in [-0.15, -0.1) is 0 Å². The van der Waals surface area contributed by atoms with Gasteiger partial charge in [-0.25, -0.2) is 0 Å². The van der Waals surface area contributed by atoms with E-state index < -0.39 is 0 Å². The molecule has 2 rings (SSSR count). The number of benzene rings is 1. The van der Waals surface area contributed by atoms with Crippen molar-refractivity contribution in [2.75, 3.05) is 0 Å². The summed E-state index contributed by atoms with van der Waals surface area (Å²) in [5.74, 6) is 0. The average Bonchev–Trinajstić information content (AvgIpc) is 2.21. The summed E-state index contributed by atoms with van der Waals surface area (Å²) >= 11 is 0. The van der Waals surface area contributed by atoms with Crippen LogP contribution in [-0.2, 0) is 32.4 Å². The number of aliphatic imine (C=N–C) groups is 1. The molecule has 1 aromatic carbocycles. The largest absolute Gasteiger partial charge is 0.472 e. The van der Waals surface area contributed by atoms with Gasteiger partial charge in [0.05, 0.1) is 25.7 Å². The Kier molecular flexibility index (Phi) is 66.4. The van der Waals surface area contributed by atoms with E-state index in [0.717, 1.165) is 11.1 Å². The topological polar surface area (TPSA) is 45.7 Å². The van der Waals surface area contributed by atoms with Crippen molar-refractivity contribution in [1.29, 1.82) is 0 Å². The zero-order chi connectivity index (χ0) is 64.7. The number of rotatable bonds is 76. The second-order valence-corrected chi connectivity index (χ2v) is 29.9. The fraction of sp³-hybridized carbons (Fsp3) is 0.875. The van der Waals surface area contributed by atoms with E-state index in [9.17, 15) is 5.11 Å². The van der Waals surface area contributed by atoms with Crippen molar-refractivity contribution in [3.63, 3.8) is 0 Å². The van der Waals surface area contributed by atoms with Crippen molar-refractivity contribution in [3.8, 4) is 0 Å². The molecule has 3 heteroatoms. The predicted octanol–water partition coefficient (Wildman–Crippen LogP) is 31.0. The molecule has 0 amide bonds. The Bertz CT molecular complexity index is 1740. The van der Waals surface area contributed by atoms with E-state index in [1.807, 2.05) is 6.21 Å². The van der Waals surface area contributed by atoms with Crippen LogP contribution in [0.5, 0.6) is 0 Å². The zero-order valence-electron chi connectivity index (χ0n) is 62.5. The van der Waals surface area contributed by atoms with Gasteiger partial charge in [-0.05, 0) is 60.8 Å². The molecule has 532 valence electrons. The lowest BCUT2D eigenvalue weighted by Gasteiger charge is -2.19. The molecule has 0 unspecified atom stereocenters. The van der Waals surface area contributed by atoms with Crippen LogP contribution >= 0.6 is 0 Å². The Labute approximate surface area is 571 Å². The van der Waals surface area contributed by atoms with E-state index in [4.69, 9.17) is 9.41 Å². The summed E-state index contributed by atoms with van der Waals surface area (Å²) < 4.78 is 5.46. The molecule has 0 spiro atoms. The molecular weight excluding hydrogens is 1100 g/mol. The third-order valence-electron chi connectivity index (χ3n) is 21.2. The van der Waals surface area contributed by atoms with E-state index in [0.29, 0.717) is 6.54 Å². The first-order chi connectivity index (χ1) is 45.2. The third kappa shape index (κ3) is 55.9. The highest BCUT2D eigenvalue weighted by molar-refractivity contribution is 5.81. The molecule has 0 atom stereocenters. The highest BCUT2D eigenvalue weighted by Crippen LogP contribution is 2.29. The first-order valence-electron chi connectivity index (χ1n) is 42.5. The van der Waals surface area contributed by atoms with E-state index in [2.05, 4.69) is 32.9 Å². The van der Waals surface area contributed by atoms with Crippen LogP contribution in [-0.4, -0.2) is 11.3 Å². The van der Waals surface area contributed by atoms with E-state index in [1.165, 1.54) is 468 Å². The second kappa shape index (κ2) is 70.9. The third-order valence-corrected chi connectivity index (χ3v) is 21.2. The average molecular weight is 1270 g/mol. The summed E-state index contributed by atoms with van der Waals surface area (Å²) in [7, 11) is 0. The first kappa shape index (κ1) is 85.2. The summed E-state index contributed by atoms with van der Waals surface area (Å²) in [6.07, 6.45) is 108. The molecule has 0 radical (unpaired) electrons. The van der Waals surface area contributed by atoms with Crippen LogP contribution in [0, 0.1) is 0 Å². The second-order valence-electron chi connectivity index (χ2n) is 29.9. The maximum absolute atomic E-state index is 9.92. The highest BCUT2D eigenvalue weighted by Gasteiger charge is 2.15. The smallest absolute Gasteiger partial charge is 0.0994 e. The number of hydrogen-bond donors (Lipinski definition) is 1. The van der Waals surface area contributed by atoms with E-state index in [1.54, 1.807) is 29.2 Å². The zero-order valence-corrected chi connectivity index (χ0v) is 62.5. The van der Waals surface area contributed by atoms with Gasteiger partial charge in [0.15, 0.2) is 0 Å². The minimum absolute atomic E-state index is 0.0133. The normalized spacial score (nSPS) is 11.9. The van der Waals surface area contributed by atoms with Crippen LogP contribution < -0.4 is 0 Å². The fourth-order valence-corrected chi connectivity index (χ4v) is 14.9. The van der Waals surface area contributed by atoms with E-state index in [-0.39, 0.29) is 6.61 Å². The minimum atomic E-state index is -0.0133. The molecule has 0 saturated carbocycles. The molecule has 1 aromatic heterocycles. The Morgan fingerprint density at radius 1 is 0.253 bits per heavy atom. The van der Waals surface area contributed by atoms with Gasteiger partial charge in [-0.3, -0.25) is 4.99 Å². The van der Waals surface area contributed by atoms with Crippen LogP contribution in [0.2, 0.25) is 0 Å². The van der Waals surface area contributed by atoms with Crippen molar-refractivity contribution in [2.24, 2.45) is 4.99 Å². The lowest BCUT2D eigenvalue weighted by atomic mass is 9.87. The van der Waals surface area contributed by atoms with Gasteiger partial charge < -0.3 is 9.52 Å². The summed E-state index contributed by atoms with van der Waals surface area (Å²) in [5, 5.41) is 9.92. The van der Waals surface area contributed by atoms with Gasteiger partial charge in [-0.2, -0.15) is 0 Å². The number of nitrogens with zero attached hydrogens (tertiary/aromatic N) is 1. The predicted molar refractivity (Wildman–Crippen MR) is 409 cm³/mol. The number of aliphatic hydroxyl groups excluding tert-OH is 1. The fourth-order valence-electron chi connectivity index (χ4n) is 14.9. The molecule has 0 saturated heterocycles. The molecule has 2 aromatic rings. The van der Waals surface area contributed by atoms with Crippen molar-refractivity contribution >= 4 is 6.21 Å². The van der Waals surface area contributed by atoms with Crippen LogP contribution in [0.4, 0.5) is 0 Å². The molecule has 0 aliphatic carbocycles. The maximum atomic E-state index is 9.92. The summed E-state index contributed by atoms with van der Waals surface area (Å²) in [6.45, 7) is 7.64. The number of aryl methyl sites for hydroxylation is 1. The van der Waals surface area contributed by atoms with Gasteiger partial charge in [0.2, 0.25) is 0 Å². The number of unbranched alkanes of at least 4 members (excludes halogenated alkanes) is 66. The van der Waals surface area contributed by atoms with Crippen LogP contribution in [0.25, 0.3) is 0 Å². The summed E-state index contributed by atoms with van der Waals surface area (Å²) in [5.41, 5.74) is 8.15. The number of hydrogen-bond acceptors (Lipinski definition) is 3. The Morgan fingerprint density at radius 2 is 0.462 bits per heavy atom. The SMILES string of the molecule is CCCCCCCCCCCCCCCCCCCCCCCCCc1ccc(CN=Cc2cocc2CO)c(CCCCCCCCCCCCCCCCCCCCCCCCC)c1CCCCCCCCCCCCCCCCCCCCCCCCC. The molecule has 1 N–H and O–H groups in total. The Hall–Kier alpha value is -1.87. The quantitative estimate of drug-likeness (QED) is 0.0530. The van der Waals surface area contributed by atoms with Crippen molar-refractivity contribution in [2.45, 2.75) is 496 Å². The number of furan rings is 1. The lowest BCUT2D eigenvalue weighted by molar-refractivity contribution is 0.280. The molecule has 91 heavy (non-hydrogen) atoms. The van der Waals surface area contributed by atoms with Crippen LogP contribution in [0.3, 0.4) is 0 Å². The first-order valence-corrected chi connectivity index (χ1v) is 42.5.